The molecule has 0 spiro atoms. The number of ether oxygens (including phenoxy) is 1. The summed E-state index contributed by atoms with van der Waals surface area (Å²) in [5.41, 5.74) is 6.20. The van der Waals surface area contributed by atoms with Gasteiger partial charge in [-0.1, -0.05) is 0 Å². The number of benzene rings is 1. The summed E-state index contributed by atoms with van der Waals surface area (Å²) in [7, 11) is 0. The van der Waals surface area contributed by atoms with E-state index in [1.54, 1.807) is 36.1 Å². The van der Waals surface area contributed by atoms with Crippen molar-refractivity contribution in [3.63, 3.8) is 0 Å². The molecule has 0 aliphatic carbocycles. The average molecular weight is 291 g/mol. The number of nitrogen functional groups attached to an aromatic ring is 1. The molecule has 0 bridgehead atoms. The monoisotopic (exact) mass is 291 g/mol. The molecular formula is C15H21N3O3. The van der Waals surface area contributed by atoms with Crippen LogP contribution in [0.15, 0.2) is 24.3 Å². The van der Waals surface area contributed by atoms with Gasteiger partial charge in [-0.25, -0.2) is 0 Å². The topological polar surface area (TPSA) is 84.7 Å². The van der Waals surface area contributed by atoms with E-state index in [2.05, 4.69) is 5.32 Å². The number of carbonyl (C=O) groups is 2. The van der Waals surface area contributed by atoms with E-state index in [0.717, 1.165) is 25.9 Å². The number of carbonyl (C=O) groups excluding carboxylic acids is 2. The molecule has 1 fully saturated rings. The Morgan fingerprint density at radius 3 is 2.52 bits per heavy atom. The van der Waals surface area contributed by atoms with E-state index >= 15 is 0 Å². The van der Waals surface area contributed by atoms with E-state index in [1.807, 2.05) is 0 Å². The predicted octanol–water partition coefficient (Wildman–Crippen LogP) is 0.775. The molecule has 1 aliphatic heterocycles. The van der Waals surface area contributed by atoms with E-state index in [1.165, 1.54) is 0 Å². The van der Waals surface area contributed by atoms with Crippen LogP contribution < -0.4 is 15.8 Å². The van der Waals surface area contributed by atoms with Gasteiger partial charge in [-0.05, 0) is 44.0 Å². The third kappa shape index (κ3) is 4.37. The summed E-state index contributed by atoms with van der Waals surface area (Å²) in [4.78, 5) is 25.6. The van der Waals surface area contributed by atoms with Gasteiger partial charge >= 0.3 is 0 Å². The molecule has 6 heteroatoms. The fourth-order valence-corrected chi connectivity index (χ4v) is 2.27. The zero-order chi connectivity index (χ0) is 15.2. The van der Waals surface area contributed by atoms with Crippen LogP contribution in [0, 0.1) is 0 Å². The summed E-state index contributed by atoms with van der Waals surface area (Å²) >= 11 is 0. The van der Waals surface area contributed by atoms with Gasteiger partial charge < -0.3 is 20.7 Å². The Hall–Kier alpha value is -2.24. The molecule has 1 aromatic rings. The molecule has 2 amide bonds. The van der Waals surface area contributed by atoms with Gasteiger partial charge in [0.15, 0.2) is 6.61 Å². The van der Waals surface area contributed by atoms with Gasteiger partial charge in [0.25, 0.3) is 5.91 Å². The highest BCUT2D eigenvalue weighted by Gasteiger charge is 2.24. The van der Waals surface area contributed by atoms with Crippen molar-refractivity contribution in [3.05, 3.63) is 24.3 Å². The lowest BCUT2D eigenvalue weighted by Crippen LogP contribution is -2.47. The van der Waals surface area contributed by atoms with Crippen molar-refractivity contribution >= 4 is 17.5 Å². The average Bonchev–Trinajstić information content (AvgIpc) is 3.00. The van der Waals surface area contributed by atoms with Gasteiger partial charge in [0.1, 0.15) is 11.8 Å². The molecule has 1 unspecified atom stereocenters. The summed E-state index contributed by atoms with van der Waals surface area (Å²) in [5.74, 6) is 0.220. The van der Waals surface area contributed by atoms with Crippen molar-refractivity contribution in [2.75, 3.05) is 25.4 Å². The standard InChI is InChI=1S/C15H21N3O3/c1-11(15(20)18-8-2-3-9-18)17-14(19)10-21-13-6-4-12(16)5-7-13/h4-7,11H,2-3,8-10,16H2,1H3,(H,17,19). The Labute approximate surface area is 124 Å². The second kappa shape index (κ2) is 6.97. The normalized spacial score (nSPS) is 15.6. The van der Waals surface area contributed by atoms with E-state index in [9.17, 15) is 9.59 Å². The molecule has 21 heavy (non-hydrogen) atoms. The molecule has 6 nitrogen and oxygen atoms in total. The van der Waals surface area contributed by atoms with Gasteiger partial charge in [0.2, 0.25) is 5.91 Å². The summed E-state index contributed by atoms with van der Waals surface area (Å²) in [5, 5.41) is 2.66. The minimum absolute atomic E-state index is 0.0339. The zero-order valence-electron chi connectivity index (χ0n) is 12.2. The van der Waals surface area contributed by atoms with Gasteiger partial charge in [0, 0.05) is 18.8 Å². The van der Waals surface area contributed by atoms with Crippen LogP contribution in [0.1, 0.15) is 19.8 Å². The molecule has 0 radical (unpaired) electrons. The van der Waals surface area contributed by atoms with E-state index in [0.29, 0.717) is 11.4 Å². The number of amides is 2. The second-order valence-corrected chi connectivity index (χ2v) is 5.18. The van der Waals surface area contributed by atoms with E-state index < -0.39 is 6.04 Å². The van der Waals surface area contributed by atoms with Crippen LogP contribution in [-0.2, 0) is 9.59 Å². The first-order valence-electron chi connectivity index (χ1n) is 7.13. The Balaban J connectivity index is 1.75. The summed E-state index contributed by atoms with van der Waals surface area (Å²) < 4.78 is 5.34. The minimum Gasteiger partial charge on any atom is -0.484 e. The molecule has 1 aromatic carbocycles. The first-order chi connectivity index (χ1) is 10.1. The highest BCUT2D eigenvalue weighted by Crippen LogP contribution is 2.13. The minimum atomic E-state index is -0.523. The summed E-state index contributed by atoms with van der Waals surface area (Å²) in [6.45, 7) is 3.13. The van der Waals surface area contributed by atoms with Gasteiger partial charge in [-0.2, -0.15) is 0 Å². The summed E-state index contributed by atoms with van der Waals surface area (Å²) in [6, 6.07) is 6.27. The maximum absolute atomic E-state index is 12.0. The van der Waals surface area contributed by atoms with Gasteiger partial charge in [-0.15, -0.1) is 0 Å². The molecule has 2 rings (SSSR count). The van der Waals surface area contributed by atoms with Crippen molar-refractivity contribution in [1.29, 1.82) is 0 Å². The third-order valence-electron chi connectivity index (χ3n) is 3.42. The second-order valence-electron chi connectivity index (χ2n) is 5.18. The van der Waals surface area contributed by atoms with Crippen LogP contribution >= 0.6 is 0 Å². The molecule has 114 valence electrons. The highest BCUT2D eigenvalue weighted by atomic mass is 16.5. The molecule has 3 N–H and O–H groups in total. The van der Waals surface area contributed by atoms with Crippen molar-refractivity contribution in [2.45, 2.75) is 25.8 Å². The molecule has 1 saturated heterocycles. The number of nitrogens with two attached hydrogens (primary N) is 1. The quantitative estimate of drug-likeness (QED) is 0.785. The Morgan fingerprint density at radius 2 is 1.90 bits per heavy atom. The Kier molecular flexibility index (Phi) is 5.03. The van der Waals surface area contributed by atoms with E-state index in [-0.39, 0.29) is 18.4 Å². The van der Waals surface area contributed by atoms with Crippen LogP contribution in [-0.4, -0.2) is 42.5 Å². The van der Waals surface area contributed by atoms with Crippen molar-refractivity contribution in [1.82, 2.24) is 10.2 Å². The van der Waals surface area contributed by atoms with Crippen LogP contribution in [0.2, 0.25) is 0 Å². The fraction of sp³-hybridized carbons (Fsp3) is 0.467. The predicted molar refractivity (Wildman–Crippen MR) is 79.8 cm³/mol. The van der Waals surface area contributed by atoms with Crippen LogP contribution in [0.4, 0.5) is 5.69 Å². The third-order valence-corrected chi connectivity index (χ3v) is 3.42. The maximum atomic E-state index is 12.0. The number of anilines is 1. The largest absolute Gasteiger partial charge is 0.484 e. The van der Waals surface area contributed by atoms with Crippen molar-refractivity contribution in [2.24, 2.45) is 0 Å². The number of hydrogen-bond acceptors (Lipinski definition) is 4. The molecule has 1 atom stereocenters. The first kappa shape index (κ1) is 15.2. The number of hydrogen-bond donors (Lipinski definition) is 2. The smallest absolute Gasteiger partial charge is 0.258 e. The zero-order valence-corrected chi connectivity index (χ0v) is 12.2. The first-order valence-corrected chi connectivity index (χ1v) is 7.13. The molecule has 0 saturated carbocycles. The molecule has 0 aromatic heterocycles. The van der Waals surface area contributed by atoms with Gasteiger partial charge in [0.05, 0.1) is 0 Å². The lowest BCUT2D eigenvalue weighted by molar-refractivity contribution is -0.135. The van der Waals surface area contributed by atoms with E-state index in [4.69, 9.17) is 10.5 Å². The SMILES string of the molecule is CC(NC(=O)COc1ccc(N)cc1)C(=O)N1CCCC1. The van der Waals surface area contributed by atoms with Crippen LogP contribution in [0.3, 0.4) is 0 Å². The summed E-state index contributed by atoms with van der Waals surface area (Å²) in [6.07, 6.45) is 2.07. The van der Waals surface area contributed by atoms with Crippen molar-refractivity contribution < 1.29 is 14.3 Å². The van der Waals surface area contributed by atoms with Crippen LogP contribution in [0.5, 0.6) is 5.75 Å². The maximum Gasteiger partial charge on any atom is 0.258 e. The fourth-order valence-electron chi connectivity index (χ4n) is 2.27. The number of nitrogens with zero attached hydrogens (tertiary/aromatic N) is 1. The molecular weight excluding hydrogens is 270 g/mol. The van der Waals surface area contributed by atoms with Gasteiger partial charge in [-0.3, -0.25) is 9.59 Å². The Bertz CT molecular complexity index is 495. The lowest BCUT2D eigenvalue weighted by Gasteiger charge is -2.21. The Morgan fingerprint density at radius 1 is 1.29 bits per heavy atom. The lowest BCUT2D eigenvalue weighted by atomic mass is 10.3. The highest BCUT2D eigenvalue weighted by molar-refractivity contribution is 5.88. The number of nitrogens with one attached hydrogen (secondary N) is 1. The molecule has 1 heterocycles. The molecule has 1 aliphatic rings. The van der Waals surface area contributed by atoms with Crippen LogP contribution in [0.25, 0.3) is 0 Å². The van der Waals surface area contributed by atoms with Crippen molar-refractivity contribution in [3.8, 4) is 5.75 Å². The number of likely N-dealkylation sites (tertiary alicyclic amines) is 1. The number of rotatable bonds is 5.